The summed E-state index contributed by atoms with van der Waals surface area (Å²) < 4.78 is 32.1. The van der Waals surface area contributed by atoms with Gasteiger partial charge in [0.2, 0.25) is 10.0 Å². The molecular formula is C14H28N2O3S. The van der Waals surface area contributed by atoms with Crippen LogP contribution in [0, 0.1) is 17.8 Å². The number of ether oxygens (including phenoxy) is 1. The molecule has 6 heteroatoms. The normalized spacial score (nSPS) is 32.1. The van der Waals surface area contributed by atoms with Gasteiger partial charge < -0.3 is 10.5 Å². The lowest BCUT2D eigenvalue weighted by atomic mass is 9.93. The highest BCUT2D eigenvalue weighted by Crippen LogP contribution is 2.25. The van der Waals surface area contributed by atoms with E-state index in [0.29, 0.717) is 38.1 Å². The zero-order valence-corrected chi connectivity index (χ0v) is 13.4. The molecule has 2 rings (SSSR count). The molecule has 2 aliphatic heterocycles. The third-order valence-electron chi connectivity index (χ3n) is 4.50. The number of sulfonamides is 1. The zero-order valence-electron chi connectivity index (χ0n) is 12.6. The number of hydrogen-bond donors (Lipinski definition) is 1. The van der Waals surface area contributed by atoms with Crippen LogP contribution in [0.5, 0.6) is 0 Å². The van der Waals surface area contributed by atoms with Gasteiger partial charge in [-0.05, 0) is 37.0 Å². The summed E-state index contributed by atoms with van der Waals surface area (Å²) in [6.45, 7) is 6.94. The second-order valence-corrected chi connectivity index (χ2v) is 8.67. The van der Waals surface area contributed by atoms with Crippen LogP contribution in [0.4, 0.5) is 0 Å². The summed E-state index contributed by atoms with van der Waals surface area (Å²) in [5.41, 5.74) is 6.15. The summed E-state index contributed by atoms with van der Waals surface area (Å²) >= 11 is 0. The van der Waals surface area contributed by atoms with Gasteiger partial charge in [0.1, 0.15) is 0 Å². The monoisotopic (exact) mass is 304 g/mol. The lowest BCUT2D eigenvalue weighted by molar-refractivity contribution is 0.0604. The molecule has 3 unspecified atom stereocenters. The van der Waals surface area contributed by atoms with Gasteiger partial charge in [0.15, 0.2) is 0 Å². The molecule has 0 amide bonds. The Balaban J connectivity index is 1.95. The van der Waals surface area contributed by atoms with Crippen LogP contribution in [0.2, 0.25) is 0 Å². The molecule has 0 aliphatic carbocycles. The van der Waals surface area contributed by atoms with Gasteiger partial charge in [0.05, 0.1) is 5.75 Å². The molecule has 0 aromatic heterocycles. The van der Waals surface area contributed by atoms with E-state index in [9.17, 15) is 8.42 Å². The Labute approximate surface area is 122 Å². The first-order valence-electron chi connectivity index (χ1n) is 7.69. The predicted molar refractivity (Wildman–Crippen MR) is 79.8 cm³/mol. The quantitative estimate of drug-likeness (QED) is 0.842. The van der Waals surface area contributed by atoms with Gasteiger partial charge >= 0.3 is 0 Å². The maximum atomic E-state index is 12.5. The van der Waals surface area contributed by atoms with Crippen molar-refractivity contribution in [3.63, 3.8) is 0 Å². The first-order valence-corrected chi connectivity index (χ1v) is 9.30. The van der Waals surface area contributed by atoms with E-state index >= 15 is 0 Å². The fourth-order valence-electron chi connectivity index (χ4n) is 3.46. The molecule has 118 valence electrons. The molecule has 0 bridgehead atoms. The lowest BCUT2D eigenvalue weighted by Gasteiger charge is -2.35. The summed E-state index contributed by atoms with van der Waals surface area (Å²) in [6.07, 6.45) is 2.87. The topological polar surface area (TPSA) is 72.6 Å². The molecule has 0 aromatic carbocycles. The number of hydrogen-bond acceptors (Lipinski definition) is 4. The highest BCUT2D eigenvalue weighted by molar-refractivity contribution is 7.89. The van der Waals surface area contributed by atoms with Gasteiger partial charge in [-0.15, -0.1) is 0 Å². The van der Waals surface area contributed by atoms with E-state index in [0.717, 1.165) is 19.3 Å². The molecule has 2 heterocycles. The maximum absolute atomic E-state index is 12.5. The smallest absolute Gasteiger partial charge is 0.215 e. The van der Waals surface area contributed by atoms with Crippen LogP contribution in [0.3, 0.4) is 0 Å². The van der Waals surface area contributed by atoms with E-state index in [2.05, 4.69) is 13.8 Å². The minimum atomic E-state index is -3.23. The minimum absolute atomic E-state index is 0.0805. The van der Waals surface area contributed by atoms with Crippen LogP contribution in [0.1, 0.15) is 33.1 Å². The SMILES string of the molecule is CC1CC(C)CN(S(=O)(=O)CC(N)C2CCOCC2)C1. The van der Waals surface area contributed by atoms with E-state index in [1.165, 1.54) is 0 Å². The van der Waals surface area contributed by atoms with Gasteiger partial charge in [-0.3, -0.25) is 0 Å². The Hall–Kier alpha value is -0.170. The molecule has 0 saturated carbocycles. The van der Waals surface area contributed by atoms with Crippen LogP contribution < -0.4 is 5.73 Å². The van der Waals surface area contributed by atoms with Crippen molar-refractivity contribution in [2.75, 3.05) is 32.1 Å². The Morgan fingerprint density at radius 1 is 1.20 bits per heavy atom. The van der Waals surface area contributed by atoms with E-state index < -0.39 is 10.0 Å². The second kappa shape index (κ2) is 6.73. The van der Waals surface area contributed by atoms with Crippen molar-refractivity contribution in [3.8, 4) is 0 Å². The Morgan fingerprint density at radius 2 is 1.75 bits per heavy atom. The van der Waals surface area contributed by atoms with Crippen LogP contribution >= 0.6 is 0 Å². The molecule has 2 fully saturated rings. The average Bonchev–Trinajstić information content (AvgIpc) is 2.38. The van der Waals surface area contributed by atoms with Gasteiger partial charge in [0, 0.05) is 32.3 Å². The minimum Gasteiger partial charge on any atom is -0.381 e. The zero-order chi connectivity index (χ0) is 14.8. The summed E-state index contributed by atoms with van der Waals surface area (Å²) in [5.74, 6) is 1.23. The molecule has 2 aliphatic rings. The first-order chi connectivity index (χ1) is 9.38. The third-order valence-corrected chi connectivity index (χ3v) is 6.39. The lowest BCUT2D eigenvalue weighted by Crippen LogP contribution is -2.48. The molecule has 2 saturated heterocycles. The molecule has 3 atom stereocenters. The number of rotatable bonds is 4. The number of nitrogens with two attached hydrogens (primary N) is 1. The molecule has 5 nitrogen and oxygen atoms in total. The highest BCUT2D eigenvalue weighted by atomic mass is 32.2. The summed E-state index contributed by atoms with van der Waals surface area (Å²) in [7, 11) is -3.23. The summed E-state index contributed by atoms with van der Waals surface area (Å²) in [6, 6.07) is -0.267. The number of nitrogens with zero attached hydrogens (tertiary/aromatic N) is 1. The molecule has 2 N–H and O–H groups in total. The maximum Gasteiger partial charge on any atom is 0.215 e. The third kappa shape index (κ3) is 4.16. The second-order valence-electron chi connectivity index (χ2n) is 6.66. The van der Waals surface area contributed by atoms with Crippen molar-refractivity contribution in [2.24, 2.45) is 23.5 Å². The van der Waals surface area contributed by atoms with Gasteiger partial charge in [-0.2, -0.15) is 0 Å². The Morgan fingerprint density at radius 3 is 2.30 bits per heavy atom. The molecule has 20 heavy (non-hydrogen) atoms. The van der Waals surface area contributed by atoms with Crippen molar-refractivity contribution >= 4 is 10.0 Å². The Kier molecular flexibility index (Phi) is 5.45. The van der Waals surface area contributed by atoms with Crippen LogP contribution in [-0.2, 0) is 14.8 Å². The van der Waals surface area contributed by atoms with Gasteiger partial charge in [-0.25, -0.2) is 12.7 Å². The largest absolute Gasteiger partial charge is 0.381 e. The van der Waals surface area contributed by atoms with E-state index in [4.69, 9.17) is 10.5 Å². The Bertz CT molecular complexity index is 397. The molecule has 0 spiro atoms. The molecular weight excluding hydrogens is 276 g/mol. The van der Waals surface area contributed by atoms with Crippen molar-refractivity contribution in [3.05, 3.63) is 0 Å². The van der Waals surface area contributed by atoms with E-state index in [-0.39, 0.29) is 17.7 Å². The average molecular weight is 304 g/mol. The van der Waals surface area contributed by atoms with Crippen LogP contribution in [0.25, 0.3) is 0 Å². The highest BCUT2D eigenvalue weighted by Gasteiger charge is 2.33. The first kappa shape index (κ1) is 16.2. The predicted octanol–water partition coefficient (Wildman–Crippen LogP) is 1.05. The standard InChI is InChI=1S/C14H28N2O3S/c1-11-7-12(2)9-16(8-11)20(17,18)10-14(15)13-3-5-19-6-4-13/h11-14H,3-10,15H2,1-2H3. The van der Waals surface area contributed by atoms with Crippen molar-refractivity contribution < 1.29 is 13.2 Å². The van der Waals surface area contributed by atoms with E-state index in [1.54, 1.807) is 4.31 Å². The summed E-state index contributed by atoms with van der Waals surface area (Å²) in [4.78, 5) is 0. The van der Waals surface area contributed by atoms with Crippen LogP contribution in [-0.4, -0.2) is 50.8 Å². The van der Waals surface area contributed by atoms with Gasteiger partial charge in [0.25, 0.3) is 0 Å². The number of piperidine rings is 1. The van der Waals surface area contributed by atoms with E-state index in [1.807, 2.05) is 0 Å². The fourth-order valence-corrected chi connectivity index (χ4v) is 5.39. The van der Waals surface area contributed by atoms with Gasteiger partial charge in [-0.1, -0.05) is 13.8 Å². The summed E-state index contributed by atoms with van der Waals surface area (Å²) in [5, 5.41) is 0. The van der Waals surface area contributed by atoms with Crippen LogP contribution in [0.15, 0.2) is 0 Å². The van der Waals surface area contributed by atoms with Crippen molar-refractivity contribution in [1.82, 2.24) is 4.31 Å². The van der Waals surface area contributed by atoms with Crippen molar-refractivity contribution in [1.29, 1.82) is 0 Å². The van der Waals surface area contributed by atoms with Crippen molar-refractivity contribution in [2.45, 2.75) is 39.2 Å². The molecule has 0 aromatic rings. The fraction of sp³-hybridized carbons (Fsp3) is 1.00. The molecule has 0 radical (unpaired) electrons.